The highest BCUT2D eigenvalue weighted by molar-refractivity contribution is 5.15. The number of hydrogen-bond acceptors (Lipinski definition) is 1. The van der Waals surface area contributed by atoms with E-state index in [-0.39, 0.29) is 12.1 Å². The Kier molecular flexibility index (Phi) is 1.11. The molecule has 0 amide bonds. The maximum absolute atomic E-state index is 13.0. The van der Waals surface area contributed by atoms with E-state index in [0.29, 0.717) is 0 Å². The van der Waals surface area contributed by atoms with Crippen LogP contribution in [0.5, 0.6) is 0 Å². The zero-order valence-electron chi connectivity index (χ0n) is 5.98. The van der Waals surface area contributed by atoms with Gasteiger partial charge in [-0.1, -0.05) is 0 Å². The van der Waals surface area contributed by atoms with E-state index in [4.69, 9.17) is 0 Å². The summed E-state index contributed by atoms with van der Waals surface area (Å²) in [6, 6.07) is 0. The Morgan fingerprint density at radius 1 is 1.40 bits per heavy atom. The molecular weight excluding hydrogens is 136 g/mol. The van der Waals surface area contributed by atoms with E-state index in [9.17, 15) is 8.78 Å². The van der Waals surface area contributed by atoms with Gasteiger partial charge in [-0.3, -0.25) is 4.90 Å². The fourth-order valence-corrected chi connectivity index (χ4v) is 1.87. The third kappa shape index (κ3) is 0.590. The minimum absolute atomic E-state index is 0.279. The van der Waals surface area contributed by atoms with Gasteiger partial charge in [0.05, 0.1) is 5.54 Å². The van der Waals surface area contributed by atoms with Crippen molar-refractivity contribution < 1.29 is 8.78 Å². The number of rotatable bonds is 0. The minimum Gasteiger partial charge on any atom is -0.295 e. The summed E-state index contributed by atoms with van der Waals surface area (Å²) in [5.41, 5.74) is -0.376. The Bertz CT molecular complexity index is 156. The van der Waals surface area contributed by atoms with Gasteiger partial charge in [0, 0.05) is 6.54 Å². The van der Waals surface area contributed by atoms with Crippen molar-refractivity contribution in [2.24, 2.45) is 0 Å². The summed E-state index contributed by atoms with van der Waals surface area (Å²) in [5.74, 6) is 0. The quantitative estimate of drug-likeness (QED) is 0.496. The molecule has 0 aromatic rings. The van der Waals surface area contributed by atoms with E-state index in [1.807, 2.05) is 4.90 Å². The lowest BCUT2D eigenvalue weighted by Gasteiger charge is -2.18. The minimum atomic E-state index is -1.24. The summed E-state index contributed by atoms with van der Waals surface area (Å²) in [5, 5.41) is 0. The molecule has 2 rings (SSSR count). The number of hydrogen-bond donors (Lipinski definition) is 0. The van der Waals surface area contributed by atoms with E-state index in [2.05, 4.69) is 0 Å². The van der Waals surface area contributed by atoms with E-state index >= 15 is 0 Å². The molecule has 2 fully saturated rings. The van der Waals surface area contributed by atoms with Gasteiger partial charge in [-0.05, 0) is 19.9 Å². The van der Waals surface area contributed by atoms with Gasteiger partial charge in [0.25, 0.3) is 0 Å². The van der Waals surface area contributed by atoms with Crippen LogP contribution in [0.2, 0.25) is 0 Å². The molecule has 1 saturated carbocycles. The first-order chi connectivity index (χ1) is 4.67. The first-order valence-electron chi connectivity index (χ1n) is 3.66. The van der Waals surface area contributed by atoms with Crippen molar-refractivity contribution in [2.75, 3.05) is 13.6 Å². The predicted molar refractivity (Wildman–Crippen MR) is 34.4 cm³/mol. The standard InChI is InChI=1S/C7H11F2N/c1-10-4-5(8)6(9)7(10)2-3-7/h5-6H,2-4H2,1H3. The van der Waals surface area contributed by atoms with Crippen molar-refractivity contribution in [1.29, 1.82) is 0 Å². The number of nitrogens with zero attached hydrogens (tertiary/aromatic N) is 1. The van der Waals surface area contributed by atoms with Crippen molar-refractivity contribution in [3.63, 3.8) is 0 Å². The Morgan fingerprint density at radius 3 is 2.20 bits per heavy atom. The van der Waals surface area contributed by atoms with Crippen molar-refractivity contribution in [2.45, 2.75) is 30.7 Å². The average Bonchev–Trinajstić information content (AvgIpc) is 2.61. The Morgan fingerprint density at radius 2 is 2.00 bits per heavy atom. The summed E-state index contributed by atoms with van der Waals surface area (Å²) >= 11 is 0. The highest BCUT2D eigenvalue weighted by Gasteiger charge is 2.61. The molecule has 3 heteroatoms. The largest absolute Gasteiger partial charge is 0.295 e. The molecular formula is C7H11F2N. The summed E-state index contributed by atoms with van der Waals surface area (Å²) in [7, 11) is 1.80. The van der Waals surface area contributed by atoms with Gasteiger partial charge in [0.2, 0.25) is 0 Å². The van der Waals surface area contributed by atoms with Crippen LogP contribution in [0.3, 0.4) is 0 Å². The molecule has 2 unspecified atom stereocenters. The van der Waals surface area contributed by atoms with Crippen molar-refractivity contribution >= 4 is 0 Å². The second kappa shape index (κ2) is 1.70. The van der Waals surface area contributed by atoms with Gasteiger partial charge < -0.3 is 0 Å². The topological polar surface area (TPSA) is 3.24 Å². The van der Waals surface area contributed by atoms with Crippen LogP contribution in [0.4, 0.5) is 8.78 Å². The average molecular weight is 147 g/mol. The normalized spacial score (nSPS) is 44.7. The molecule has 0 aromatic heterocycles. The SMILES string of the molecule is CN1CC(F)C(F)C12CC2. The lowest BCUT2D eigenvalue weighted by atomic mass is 10.1. The molecule has 1 aliphatic carbocycles. The first-order valence-corrected chi connectivity index (χ1v) is 3.66. The summed E-state index contributed by atoms with van der Waals surface area (Å²) in [6.07, 6.45) is -0.791. The Balaban J connectivity index is 2.19. The maximum atomic E-state index is 13.0. The zero-order chi connectivity index (χ0) is 7.35. The smallest absolute Gasteiger partial charge is 0.151 e. The van der Waals surface area contributed by atoms with E-state index in [1.54, 1.807) is 7.05 Å². The molecule has 1 nitrogen and oxygen atoms in total. The monoisotopic (exact) mass is 147 g/mol. The highest BCUT2D eigenvalue weighted by atomic mass is 19.2. The van der Waals surface area contributed by atoms with Crippen molar-refractivity contribution in [3.05, 3.63) is 0 Å². The molecule has 2 atom stereocenters. The molecule has 1 saturated heterocycles. The van der Waals surface area contributed by atoms with Crippen LogP contribution >= 0.6 is 0 Å². The summed E-state index contributed by atoms with van der Waals surface area (Å²) in [6.45, 7) is 0.279. The summed E-state index contributed by atoms with van der Waals surface area (Å²) in [4.78, 5) is 1.82. The van der Waals surface area contributed by atoms with Crippen molar-refractivity contribution in [3.8, 4) is 0 Å². The van der Waals surface area contributed by atoms with E-state index in [0.717, 1.165) is 12.8 Å². The van der Waals surface area contributed by atoms with Gasteiger partial charge in [-0.2, -0.15) is 0 Å². The second-order valence-corrected chi connectivity index (χ2v) is 3.40. The fourth-order valence-electron chi connectivity index (χ4n) is 1.87. The molecule has 2 aliphatic rings. The lowest BCUT2D eigenvalue weighted by Crippen LogP contribution is -2.32. The third-order valence-electron chi connectivity index (χ3n) is 2.80. The molecule has 1 heterocycles. The molecule has 0 radical (unpaired) electrons. The molecule has 0 bridgehead atoms. The van der Waals surface area contributed by atoms with Gasteiger partial charge in [-0.25, -0.2) is 8.78 Å². The van der Waals surface area contributed by atoms with Crippen LogP contribution in [0, 0.1) is 0 Å². The van der Waals surface area contributed by atoms with Crippen LogP contribution in [0.25, 0.3) is 0 Å². The highest BCUT2D eigenvalue weighted by Crippen LogP contribution is 2.50. The van der Waals surface area contributed by atoms with E-state index < -0.39 is 12.3 Å². The number of alkyl halides is 2. The van der Waals surface area contributed by atoms with Gasteiger partial charge in [-0.15, -0.1) is 0 Å². The van der Waals surface area contributed by atoms with Crippen LogP contribution in [-0.2, 0) is 0 Å². The van der Waals surface area contributed by atoms with Gasteiger partial charge in [0.15, 0.2) is 6.17 Å². The zero-order valence-corrected chi connectivity index (χ0v) is 5.98. The molecule has 58 valence electrons. The fraction of sp³-hybridized carbons (Fsp3) is 1.00. The second-order valence-electron chi connectivity index (χ2n) is 3.40. The Hall–Kier alpha value is -0.180. The van der Waals surface area contributed by atoms with E-state index in [1.165, 1.54) is 0 Å². The number of likely N-dealkylation sites (tertiary alicyclic amines) is 1. The lowest BCUT2D eigenvalue weighted by molar-refractivity contribution is 0.166. The molecule has 1 aliphatic heterocycles. The van der Waals surface area contributed by atoms with Crippen LogP contribution in [0.1, 0.15) is 12.8 Å². The van der Waals surface area contributed by atoms with Gasteiger partial charge >= 0.3 is 0 Å². The Labute approximate surface area is 59.0 Å². The van der Waals surface area contributed by atoms with Crippen molar-refractivity contribution in [1.82, 2.24) is 4.90 Å². The molecule has 0 N–H and O–H groups in total. The van der Waals surface area contributed by atoms with Crippen LogP contribution in [-0.4, -0.2) is 36.4 Å². The third-order valence-corrected chi connectivity index (χ3v) is 2.80. The molecule has 10 heavy (non-hydrogen) atoms. The van der Waals surface area contributed by atoms with Gasteiger partial charge in [0.1, 0.15) is 6.17 Å². The summed E-state index contributed by atoms with van der Waals surface area (Å²) < 4.78 is 25.7. The van der Waals surface area contributed by atoms with Crippen LogP contribution in [0.15, 0.2) is 0 Å². The molecule has 0 aromatic carbocycles. The first kappa shape index (κ1) is 6.53. The number of halogens is 2. The van der Waals surface area contributed by atoms with Crippen LogP contribution < -0.4 is 0 Å². The molecule has 1 spiro atoms. The predicted octanol–water partition coefficient (Wildman–Crippen LogP) is 1.14. The maximum Gasteiger partial charge on any atom is 0.151 e.